The van der Waals surface area contributed by atoms with Crippen LogP contribution in [0.25, 0.3) is 11.2 Å². The van der Waals surface area contributed by atoms with E-state index in [2.05, 4.69) is 15.0 Å². The van der Waals surface area contributed by atoms with Crippen molar-refractivity contribution in [3.05, 3.63) is 6.33 Å². The number of methoxy groups -OCH3 is 1. The van der Waals surface area contributed by atoms with Crippen molar-refractivity contribution >= 4 is 35.0 Å². The maximum Gasteiger partial charge on any atom is 0.303 e. The minimum absolute atomic E-state index is 0.0730. The zero-order chi connectivity index (χ0) is 22.0. The number of carbonyl (C=O) groups is 3. The third kappa shape index (κ3) is 4.25. The average Bonchev–Trinajstić information content (AvgIpc) is 3.20. The molecule has 1 saturated heterocycles. The molecule has 13 heteroatoms. The van der Waals surface area contributed by atoms with Crippen LogP contribution in [0.15, 0.2) is 6.33 Å². The summed E-state index contributed by atoms with van der Waals surface area (Å²) >= 11 is 0. The fourth-order valence-electron chi connectivity index (χ4n) is 3.15. The third-order valence-electron chi connectivity index (χ3n) is 4.21. The number of anilines is 1. The quantitative estimate of drug-likeness (QED) is 0.478. The van der Waals surface area contributed by atoms with E-state index in [-0.39, 0.29) is 24.1 Å². The molecule has 0 bridgehead atoms. The van der Waals surface area contributed by atoms with E-state index in [4.69, 9.17) is 29.4 Å². The van der Waals surface area contributed by atoms with Gasteiger partial charge >= 0.3 is 17.9 Å². The Hall–Kier alpha value is -3.48. The zero-order valence-corrected chi connectivity index (χ0v) is 16.7. The monoisotopic (exact) mass is 423 g/mol. The van der Waals surface area contributed by atoms with Gasteiger partial charge in [-0.05, 0) is 0 Å². The summed E-state index contributed by atoms with van der Waals surface area (Å²) in [4.78, 5) is 47.0. The van der Waals surface area contributed by atoms with Crippen LogP contribution in [-0.4, -0.2) is 69.5 Å². The first-order valence-electron chi connectivity index (χ1n) is 8.88. The second kappa shape index (κ2) is 8.49. The number of hydrogen-bond acceptors (Lipinski definition) is 12. The predicted molar refractivity (Wildman–Crippen MR) is 97.9 cm³/mol. The topological polar surface area (TPSA) is 167 Å². The average molecular weight is 423 g/mol. The van der Waals surface area contributed by atoms with Gasteiger partial charge in [0.25, 0.3) is 0 Å². The van der Waals surface area contributed by atoms with E-state index in [1.165, 1.54) is 38.8 Å². The first-order valence-corrected chi connectivity index (χ1v) is 8.88. The van der Waals surface area contributed by atoms with Crippen LogP contribution in [0.4, 0.5) is 5.95 Å². The molecule has 0 aliphatic carbocycles. The minimum Gasteiger partial charge on any atom is -0.479 e. The minimum atomic E-state index is -1.08. The van der Waals surface area contributed by atoms with Crippen LogP contribution in [0.2, 0.25) is 0 Å². The summed E-state index contributed by atoms with van der Waals surface area (Å²) in [6.45, 7) is 3.41. The molecule has 1 aliphatic rings. The molecule has 0 saturated carbocycles. The molecule has 0 spiro atoms. The van der Waals surface area contributed by atoms with Gasteiger partial charge in [-0.15, -0.1) is 0 Å². The summed E-state index contributed by atoms with van der Waals surface area (Å²) in [5.41, 5.74) is 6.29. The largest absolute Gasteiger partial charge is 0.479 e. The highest BCUT2D eigenvalue weighted by Gasteiger charge is 2.51. The summed E-state index contributed by atoms with van der Waals surface area (Å²) < 4.78 is 28.3. The van der Waals surface area contributed by atoms with Crippen molar-refractivity contribution < 1.29 is 38.1 Å². The first kappa shape index (κ1) is 21.2. The molecular formula is C17H21N5O8. The Bertz CT molecular complexity index is 976. The molecule has 3 rings (SSSR count). The third-order valence-corrected chi connectivity index (χ3v) is 4.21. The van der Waals surface area contributed by atoms with E-state index in [9.17, 15) is 14.4 Å². The number of nitrogen functional groups attached to an aromatic ring is 1. The standard InChI is InChI=1S/C17H21N5O8/c1-7(23)27-5-10-12(28-8(2)24)13(29-9(3)25)16(30-10)22-6-19-11-14(22)20-17(18)21-15(11)26-4/h6,10,12-13,16H,5H2,1-4H3,(H2,18,20,21)/t10-,12-,13+,16?/m1/s1. The highest BCUT2D eigenvalue weighted by Crippen LogP contribution is 2.36. The van der Waals surface area contributed by atoms with Gasteiger partial charge in [0, 0.05) is 20.8 Å². The number of imidazole rings is 1. The van der Waals surface area contributed by atoms with Gasteiger partial charge in [0.05, 0.1) is 13.4 Å². The Morgan fingerprint density at radius 1 is 1.10 bits per heavy atom. The first-order chi connectivity index (χ1) is 14.2. The molecule has 0 amide bonds. The van der Waals surface area contributed by atoms with Crippen molar-refractivity contribution in [3.63, 3.8) is 0 Å². The van der Waals surface area contributed by atoms with Gasteiger partial charge in [0.1, 0.15) is 12.7 Å². The molecule has 0 radical (unpaired) electrons. The van der Waals surface area contributed by atoms with Gasteiger partial charge in [-0.3, -0.25) is 19.0 Å². The molecule has 2 N–H and O–H groups in total. The summed E-state index contributed by atoms with van der Waals surface area (Å²) in [5, 5.41) is 0. The van der Waals surface area contributed by atoms with Crippen LogP contribution in [0.1, 0.15) is 27.0 Å². The van der Waals surface area contributed by atoms with Crippen LogP contribution < -0.4 is 10.5 Å². The highest BCUT2D eigenvalue weighted by molar-refractivity contribution is 5.77. The van der Waals surface area contributed by atoms with Crippen molar-refractivity contribution in [1.82, 2.24) is 19.5 Å². The number of hydrogen-bond donors (Lipinski definition) is 1. The van der Waals surface area contributed by atoms with Crippen molar-refractivity contribution in [2.75, 3.05) is 19.5 Å². The second-order valence-corrected chi connectivity index (χ2v) is 6.43. The number of esters is 3. The fourth-order valence-corrected chi connectivity index (χ4v) is 3.15. The molecule has 2 aromatic rings. The Morgan fingerprint density at radius 2 is 1.77 bits per heavy atom. The van der Waals surface area contributed by atoms with Crippen LogP contribution in [0, 0.1) is 0 Å². The maximum absolute atomic E-state index is 11.7. The number of nitrogens with two attached hydrogens (primary N) is 1. The number of carbonyl (C=O) groups excluding carboxylic acids is 3. The normalized spacial score (nSPS) is 23.2. The fraction of sp³-hybridized carbons (Fsp3) is 0.529. The molecule has 4 atom stereocenters. The Labute approximate surface area is 170 Å². The molecule has 3 heterocycles. The SMILES string of the molecule is COc1nc(N)nc2c1ncn2C1O[C@H](COC(C)=O)[C@@H](OC(C)=O)[C@@H]1OC(C)=O. The number of aromatic nitrogens is 4. The molecule has 1 fully saturated rings. The van der Waals surface area contributed by atoms with E-state index in [0.717, 1.165) is 0 Å². The lowest BCUT2D eigenvalue weighted by Gasteiger charge is -2.23. The van der Waals surface area contributed by atoms with Crippen molar-refractivity contribution in [3.8, 4) is 5.88 Å². The van der Waals surface area contributed by atoms with Crippen LogP contribution in [0.5, 0.6) is 5.88 Å². The molecular weight excluding hydrogens is 402 g/mol. The van der Waals surface area contributed by atoms with Gasteiger partial charge in [-0.25, -0.2) is 4.98 Å². The van der Waals surface area contributed by atoms with Crippen molar-refractivity contribution in [2.24, 2.45) is 0 Å². The number of rotatable bonds is 6. The molecule has 13 nitrogen and oxygen atoms in total. The predicted octanol–water partition coefficient (Wildman–Crippen LogP) is -0.259. The second-order valence-electron chi connectivity index (χ2n) is 6.43. The van der Waals surface area contributed by atoms with Crippen molar-refractivity contribution in [1.29, 1.82) is 0 Å². The number of ether oxygens (including phenoxy) is 5. The summed E-state index contributed by atoms with van der Waals surface area (Å²) in [6, 6.07) is 0. The van der Waals surface area contributed by atoms with E-state index in [1.54, 1.807) is 0 Å². The number of nitrogens with zero attached hydrogens (tertiary/aromatic N) is 4. The van der Waals surface area contributed by atoms with Gasteiger partial charge < -0.3 is 29.4 Å². The van der Waals surface area contributed by atoms with E-state index in [0.29, 0.717) is 5.52 Å². The zero-order valence-electron chi connectivity index (χ0n) is 16.7. The lowest BCUT2D eigenvalue weighted by atomic mass is 10.1. The Kier molecular flexibility index (Phi) is 6.01. The van der Waals surface area contributed by atoms with Gasteiger partial charge in [0.2, 0.25) is 11.8 Å². The van der Waals surface area contributed by atoms with Crippen LogP contribution >= 0.6 is 0 Å². The molecule has 30 heavy (non-hydrogen) atoms. The van der Waals surface area contributed by atoms with E-state index >= 15 is 0 Å². The lowest BCUT2D eigenvalue weighted by Crippen LogP contribution is -2.40. The van der Waals surface area contributed by atoms with Crippen molar-refractivity contribution in [2.45, 2.75) is 45.3 Å². The Balaban J connectivity index is 2.05. The molecule has 1 aliphatic heterocycles. The van der Waals surface area contributed by atoms with E-state index < -0.39 is 42.4 Å². The lowest BCUT2D eigenvalue weighted by molar-refractivity contribution is -0.166. The van der Waals surface area contributed by atoms with Crippen LogP contribution in [0.3, 0.4) is 0 Å². The van der Waals surface area contributed by atoms with Gasteiger partial charge in [-0.1, -0.05) is 0 Å². The number of fused-ring (bicyclic) bond motifs is 1. The molecule has 2 aromatic heterocycles. The molecule has 0 aromatic carbocycles. The van der Waals surface area contributed by atoms with Crippen LogP contribution in [-0.2, 0) is 33.3 Å². The Morgan fingerprint density at radius 3 is 2.37 bits per heavy atom. The summed E-state index contributed by atoms with van der Waals surface area (Å²) in [5.74, 6) is -1.73. The highest BCUT2D eigenvalue weighted by atomic mass is 16.7. The smallest absolute Gasteiger partial charge is 0.303 e. The molecule has 1 unspecified atom stereocenters. The molecule has 162 valence electrons. The van der Waals surface area contributed by atoms with E-state index in [1.807, 2.05) is 0 Å². The summed E-state index contributed by atoms with van der Waals surface area (Å²) in [6.07, 6.45) is -2.67. The van der Waals surface area contributed by atoms with Gasteiger partial charge in [0.15, 0.2) is 29.6 Å². The van der Waals surface area contributed by atoms with Gasteiger partial charge in [-0.2, -0.15) is 9.97 Å². The maximum atomic E-state index is 11.7. The summed E-state index contributed by atoms with van der Waals surface area (Å²) in [7, 11) is 1.40.